The number of amides is 6. The van der Waals surface area contributed by atoms with Gasteiger partial charge >= 0.3 is 12.1 Å². The Balaban J connectivity index is 1.30. The molecule has 2 fully saturated rings. The number of nitrogens with one attached hydrogen (secondary N) is 4. The fourth-order valence-corrected chi connectivity index (χ4v) is 3.71. The quantitative estimate of drug-likeness (QED) is 0.553. The topological polar surface area (TPSA) is 120 Å². The standard InChI is InChI=1S/C22H23N5O4/c1-22(19(29)25-21(31)26-22)15-6-4-14(5-7-15)13-23-20(30)24-16-8-10-17(11-9-16)27-12-2-3-18(27)28/h4-11H,2-3,12-13H2,1H3,(H2,23,24,30)(H2,25,26,29,31). The molecule has 2 saturated heterocycles. The molecule has 4 N–H and O–H groups in total. The average Bonchev–Trinajstić information content (AvgIpc) is 3.29. The lowest BCUT2D eigenvalue weighted by Crippen LogP contribution is -2.40. The number of urea groups is 2. The van der Waals surface area contributed by atoms with Crippen LogP contribution in [0, 0.1) is 0 Å². The zero-order valence-electron chi connectivity index (χ0n) is 17.0. The van der Waals surface area contributed by atoms with Crippen LogP contribution >= 0.6 is 0 Å². The van der Waals surface area contributed by atoms with E-state index in [2.05, 4.69) is 21.3 Å². The van der Waals surface area contributed by atoms with Crippen LogP contribution in [0.15, 0.2) is 48.5 Å². The average molecular weight is 421 g/mol. The molecule has 9 heteroatoms. The zero-order valence-corrected chi connectivity index (χ0v) is 17.0. The normalized spacial score (nSPS) is 20.4. The molecular weight excluding hydrogens is 398 g/mol. The van der Waals surface area contributed by atoms with Crippen LogP contribution in [-0.2, 0) is 21.7 Å². The van der Waals surface area contributed by atoms with Gasteiger partial charge in [0.2, 0.25) is 5.91 Å². The maximum Gasteiger partial charge on any atom is 0.322 e. The summed E-state index contributed by atoms with van der Waals surface area (Å²) in [7, 11) is 0. The van der Waals surface area contributed by atoms with Gasteiger partial charge in [-0.3, -0.25) is 14.9 Å². The number of nitrogens with zero attached hydrogens (tertiary/aromatic N) is 1. The molecule has 0 spiro atoms. The highest BCUT2D eigenvalue weighted by molar-refractivity contribution is 6.07. The maximum atomic E-state index is 12.2. The molecule has 2 aromatic rings. The third kappa shape index (κ3) is 4.20. The number of anilines is 2. The first-order valence-corrected chi connectivity index (χ1v) is 10.0. The van der Waals surface area contributed by atoms with Crippen LogP contribution in [0.3, 0.4) is 0 Å². The summed E-state index contributed by atoms with van der Waals surface area (Å²) < 4.78 is 0. The lowest BCUT2D eigenvalue weighted by molar-refractivity contribution is -0.123. The van der Waals surface area contributed by atoms with Crippen molar-refractivity contribution in [2.75, 3.05) is 16.8 Å². The zero-order chi connectivity index (χ0) is 22.0. The Hall–Kier alpha value is -3.88. The first-order chi connectivity index (χ1) is 14.8. The molecule has 2 aliphatic rings. The fourth-order valence-electron chi connectivity index (χ4n) is 3.71. The molecule has 160 valence electrons. The second kappa shape index (κ2) is 8.10. The van der Waals surface area contributed by atoms with Gasteiger partial charge in [-0.1, -0.05) is 24.3 Å². The van der Waals surface area contributed by atoms with E-state index >= 15 is 0 Å². The summed E-state index contributed by atoms with van der Waals surface area (Å²) in [6.07, 6.45) is 1.44. The summed E-state index contributed by atoms with van der Waals surface area (Å²) in [6, 6.07) is 13.4. The molecule has 4 rings (SSSR count). The molecule has 2 heterocycles. The third-order valence-electron chi connectivity index (χ3n) is 5.54. The van der Waals surface area contributed by atoms with Crippen molar-refractivity contribution in [1.82, 2.24) is 16.0 Å². The monoisotopic (exact) mass is 421 g/mol. The molecule has 6 amide bonds. The number of hydrogen-bond donors (Lipinski definition) is 4. The van der Waals surface area contributed by atoms with Crippen molar-refractivity contribution in [3.05, 3.63) is 59.7 Å². The summed E-state index contributed by atoms with van der Waals surface area (Å²) in [5.41, 5.74) is 1.84. The molecule has 31 heavy (non-hydrogen) atoms. The van der Waals surface area contributed by atoms with Crippen molar-refractivity contribution in [3.63, 3.8) is 0 Å². The smallest absolute Gasteiger partial charge is 0.322 e. The van der Waals surface area contributed by atoms with Gasteiger partial charge in [0.25, 0.3) is 5.91 Å². The highest BCUT2D eigenvalue weighted by Crippen LogP contribution is 2.25. The minimum Gasteiger partial charge on any atom is -0.334 e. The van der Waals surface area contributed by atoms with Crippen LogP contribution in [0.25, 0.3) is 0 Å². The summed E-state index contributed by atoms with van der Waals surface area (Å²) in [6.45, 7) is 2.65. The Kier molecular flexibility index (Phi) is 5.33. The Morgan fingerprint density at radius 3 is 2.35 bits per heavy atom. The van der Waals surface area contributed by atoms with E-state index in [-0.39, 0.29) is 11.9 Å². The molecule has 0 saturated carbocycles. The van der Waals surface area contributed by atoms with Crippen LogP contribution in [0.2, 0.25) is 0 Å². The molecule has 1 unspecified atom stereocenters. The molecular formula is C22H23N5O4. The summed E-state index contributed by atoms with van der Waals surface area (Å²) in [5.74, 6) is -0.280. The minimum atomic E-state index is -1.10. The third-order valence-corrected chi connectivity index (χ3v) is 5.54. The van der Waals surface area contributed by atoms with Gasteiger partial charge in [0.05, 0.1) is 0 Å². The number of carbonyl (C=O) groups excluding carboxylic acids is 4. The second-order valence-electron chi connectivity index (χ2n) is 7.73. The van der Waals surface area contributed by atoms with Crippen LogP contribution in [0.4, 0.5) is 21.0 Å². The van der Waals surface area contributed by atoms with E-state index in [9.17, 15) is 19.2 Å². The lowest BCUT2D eigenvalue weighted by Gasteiger charge is -2.21. The summed E-state index contributed by atoms with van der Waals surface area (Å²) in [5, 5.41) is 10.4. The van der Waals surface area contributed by atoms with Crippen LogP contribution in [0.5, 0.6) is 0 Å². The van der Waals surface area contributed by atoms with Crippen molar-refractivity contribution in [1.29, 1.82) is 0 Å². The summed E-state index contributed by atoms with van der Waals surface area (Å²) >= 11 is 0. The highest BCUT2D eigenvalue weighted by Gasteiger charge is 2.43. The van der Waals surface area contributed by atoms with Gasteiger partial charge in [0.15, 0.2) is 0 Å². The molecule has 0 aliphatic carbocycles. The van der Waals surface area contributed by atoms with Crippen LogP contribution in [0.1, 0.15) is 30.9 Å². The minimum absolute atomic E-state index is 0.120. The van der Waals surface area contributed by atoms with Gasteiger partial charge in [-0.2, -0.15) is 0 Å². The van der Waals surface area contributed by atoms with Crippen molar-refractivity contribution >= 4 is 35.3 Å². The molecule has 1 atom stereocenters. The number of rotatable bonds is 5. The van der Waals surface area contributed by atoms with E-state index in [0.29, 0.717) is 24.2 Å². The van der Waals surface area contributed by atoms with E-state index in [4.69, 9.17) is 0 Å². The van der Waals surface area contributed by atoms with Gasteiger partial charge in [0.1, 0.15) is 5.54 Å². The van der Waals surface area contributed by atoms with Gasteiger partial charge in [-0.25, -0.2) is 9.59 Å². The van der Waals surface area contributed by atoms with Crippen molar-refractivity contribution < 1.29 is 19.2 Å². The van der Waals surface area contributed by atoms with E-state index in [0.717, 1.165) is 24.2 Å². The molecule has 0 aromatic heterocycles. The van der Waals surface area contributed by atoms with Gasteiger partial charge in [-0.05, 0) is 48.7 Å². The first-order valence-electron chi connectivity index (χ1n) is 10.0. The second-order valence-corrected chi connectivity index (χ2v) is 7.73. The number of hydrogen-bond acceptors (Lipinski definition) is 4. The van der Waals surface area contributed by atoms with Gasteiger partial charge < -0.3 is 20.9 Å². The maximum absolute atomic E-state index is 12.2. The Bertz CT molecular complexity index is 1030. The largest absolute Gasteiger partial charge is 0.334 e. The fraction of sp³-hybridized carbons (Fsp3) is 0.273. The Morgan fingerprint density at radius 2 is 1.77 bits per heavy atom. The van der Waals surface area contributed by atoms with Gasteiger partial charge in [0, 0.05) is 30.9 Å². The Morgan fingerprint density at radius 1 is 1.06 bits per heavy atom. The number of imide groups is 1. The van der Waals surface area contributed by atoms with Crippen molar-refractivity contribution in [2.24, 2.45) is 0 Å². The van der Waals surface area contributed by atoms with Crippen molar-refractivity contribution in [2.45, 2.75) is 31.8 Å². The van der Waals surface area contributed by atoms with E-state index in [1.165, 1.54) is 0 Å². The molecule has 0 bridgehead atoms. The molecule has 2 aromatic carbocycles. The van der Waals surface area contributed by atoms with Crippen molar-refractivity contribution in [3.8, 4) is 0 Å². The predicted octanol–water partition coefficient (Wildman–Crippen LogP) is 2.19. The van der Waals surface area contributed by atoms with E-state index < -0.39 is 17.5 Å². The van der Waals surface area contributed by atoms with E-state index in [1.54, 1.807) is 48.2 Å². The van der Waals surface area contributed by atoms with Gasteiger partial charge in [-0.15, -0.1) is 0 Å². The first kappa shape index (κ1) is 20.4. The molecule has 9 nitrogen and oxygen atoms in total. The van der Waals surface area contributed by atoms with Crippen LogP contribution in [-0.4, -0.2) is 30.4 Å². The lowest BCUT2D eigenvalue weighted by atomic mass is 9.91. The number of benzene rings is 2. The van der Waals surface area contributed by atoms with E-state index in [1.807, 2.05) is 12.1 Å². The summed E-state index contributed by atoms with van der Waals surface area (Å²) in [4.78, 5) is 49.2. The molecule has 0 radical (unpaired) electrons. The SMILES string of the molecule is CC1(c2ccc(CNC(=O)Nc3ccc(N4CCCC4=O)cc3)cc2)NC(=O)NC1=O. The van der Waals surface area contributed by atoms with Crippen LogP contribution < -0.4 is 26.2 Å². The highest BCUT2D eigenvalue weighted by atomic mass is 16.2. The molecule has 2 aliphatic heterocycles. The predicted molar refractivity (Wildman–Crippen MR) is 114 cm³/mol. The number of carbonyl (C=O) groups is 4. The Labute approximate surface area is 179 Å².